The zero-order chi connectivity index (χ0) is 10.3. The second kappa shape index (κ2) is 6.33. The van der Waals surface area contributed by atoms with Crippen LogP contribution in [-0.2, 0) is 9.09 Å². The van der Waals surface area contributed by atoms with Gasteiger partial charge in [-0.1, -0.05) is 25.8 Å². The van der Waals surface area contributed by atoms with E-state index in [9.17, 15) is 4.57 Å². The van der Waals surface area contributed by atoms with Crippen molar-refractivity contribution in [3.8, 4) is 0 Å². The van der Waals surface area contributed by atoms with Crippen LogP contribution in [0.5, 0.6) is 0 Å². The third-order valence-electron chi connectivity index (χ3n) is 1.60. The largest absolute Gasteiger partial charge is 0.469 e. The van der Waals surface area contributed by atoms with Crippen LogP contribution in [-0.4, -0.2) is 15.9 Å². The van der Waals surface area contributed by atoms with Crippen molar-refractivity contribution in [1.29, 1.82) is 0 Å². The normalized spacial score (nSPS) is 14.1. The van der Waals surface area contributed by atoms with Gasteiger partial charge in [-0.2, -0.15) is 0 Å². The van der Waals surface area contributed by atoms with Crippen LogP contribution in [0.25, 0.3) is 0 Å². The van der Waals surface area contributed by atoms with E-state index in [1.165, 1.54) is 0 Å². The summed E-state index contributed by atoms with van der Waals surface area (Å²) in [6, 6.07) is 0. The molecule has 0 bridgehead atoms. The van der Waals surface area contributed by atoms with Gasteiger partial charge in [-0.15, -0.1) is 6.58 Å². The number of hydrogen-bond donors (Lipinski definition) is 2. The Labute approximate surface area is 78.9 Å². The van der Waals surface area contributed by atoms with E-state index in [1.807, 2.05) is 6.92 Å². The van der Waals surface area contributed by atoms with Gasteiger partial charge in [0.25, 0.3) is 0 Å². The molecule has 0 aromatic rings. The molecule has 0 spiro atoms. The summed E-state index contributed by atoms with van der Waals surface area (Å²) in [7, 11) is -4.34. The van der Waals surface area contributed by atoms with Crippen molar-refractivity contribution < 1.29 is 18.9 Å². The first-order valence-corrected chi connectivity index (χ1v) is 5.87. The highest BCUT2D eigenvalue weighted by molar-refractivity contribution is 7.46. The summed E-state index contributed by atoms with van der Waals surface area (Å²) in [4.78, 5) is 17.1. The zero-order valence-corrected chi connectivity index (χ0v) is 8.74. The molecule has 0 saturated heterocycles. The topological polar surface area (TPSA) is 66.8 Å². The van der Waals surface area contributed by atoms with E-state index in [2.05, 4.69) is 11.1 Å². The molecule has 13 heavy (non-hydrogen) atoms. The summed E-state index contributed by atoms with van der Waals surface area (Å²) >= 11 is 0. The molecule has 0 aliphatic rings. The molecule has 0 fully saturated rings. The lowest BCUT2D eigenvalue weighted by molar-refractivity contribution is 0.126. The Morgan fingerprint density at radius 1 is 1.62 bits per heavy atom. The lowest BCUT2D eigenvalue weighted by Gasteiger charge is -2.15. The Morgan fingerprint density at radius 2 is 2.23 bits per heavy atom. The van der Waals surface area contributed by atoms with Crippen molar-refractivity contribution in [2.45, 2.75) is 38.7 Å². The van der Waals surface area contributed by atoms with Crippen LogP contribution < -0.4 is 0 Å². The Balaban J connectivity index is 3.93. The van der Waals surface area contributed by atoms with Crippen molar-refractivity contribution in [2.75, 3.05) is 0 Å². The maximum Gasteiger partial charge on any atom is 0.469 e. The maximum atomic E-state index is 10.5. The predicted octanol–water partition coefficient (Wildman–Crippen LogP) is 2.23. The highest BCUT2D eigenvalue weighted by Crippen LogP contribution is 2.39. The van der Waals surface area contributed by atoms with E-state index in [1.54, 1.807) is 6.08 Å². The molecule has 0 aromatic heterocycles. The number of hydrogen-bond acceptors (Lipinski definition) is 2. The Morgan fingerprint density at radius 3 is 2.62 bits per heavy atom. The van der Waals surface area contributed by atoms with Gasteiger partial charge in [0.1, 0.15) is 0 Å². The minimum absolute atomic E-state index is 0.404. The van der Waals surface area contributed by atoms with Crippen LogP contribution in [0.4, 0.5) is 0 Å². The summed E-state index contributed by atoms with van der Waals surface area (Å²) < 4.78 is 15.1. The van der Waals surface area contributed by atoms with Crippen LogP contribution >= 0.6 is 7.82 Å². The van der Waals surface area contributed by atoms with Gasteiger partial charge in [-0.05, 0) is 12.8 Å². The highest BCUT2D eigenvalue weighted by Gasteiger charge is 2.20. The molecule has 0 amide bonds. The molecule has 0 heterocycles. The molecule has 0 aliphatic carbocycles. The van der Waals surface area contributed by atoms with Gasteiger partial charge >= 0.3 is 7.82 Å². The molecule has 2 N–H and O–H groups in total. The number of unbranched alkanes of at least 4 members (excludes halogenated alkanes) is 1. The van der Waals surface area contributed by atoms with Gasteiger partial charge in [0.05, 0.1) is 6.10 Å². The second-order valence-electron chi connectivity index (χ2n) is 2.88. The second-order valence-corrected chi connectivity index (χ2v) is 4.08. The van der Waals surface area contributed by atoms with Crippen molar-refractivity contribution in [2.24, 2.45) is 0 Å². The molecule has 0 aromatic carbocycles. The third kappa shape index (κ3) is 8.19. The lowest BCUT2D eigenvalue weighted by Crippen LogP contribution is -2.10. The van der Waals surface area contributed by atoms with Crippen LogP contribution in [0.2, 0.25) is 0 Å². The van der Waals surface area contributed by atoms with Crippen molar-refractivity contribution in [3.05, 3.63) is 12.7 Å². The fourth-order valence-corrected chi connectivity index (χ4v) is 1.61. The van der Waals surface area contributed by atoms with E-state index in [-0.39, 0.29) is 0 Å². The summed E-state index contributed by atoms with van der Waals surface area (Å²) in [6.07, 6.45) is 4.23. The Bertz CT molecular complexity index is 187. The number of phosphoric ester groups is 1. The molecule has 0 radical (unpaired) electrons. The maximum absolute atomic E-state index is 10.5. The third-order valence-corrected chi connectivity index (χ3v) is 2.17. The molecule has 78 valence electrons. The monoisotopic (exact) mass is 208 g/mol. The molecule has 0 aliphatic heterocycles. The van der Waals surface area contributed by atoms with Gasteiger partial charge in [-0.3, -0.25) is 4.52 Å². The lowest BCUT2D eigenvalue weighted by atomic mass is 10.1. The number of rotatable bonds is 7. The molecule has 0 saturated carbocycles. The van der Waals surface area contributed by atoms with Crippen LogP contribution in [0, 0.1) is 0 Å². The van der Waals surface area contributed by atoms with E-state index in [0.717, 1.165) is 12.8 Å². The molecule has 0 rings (SSSR count). The van der Waals surface area contributed by atoms with E-state index in [4.69, 9.17) is 9.79 Å². The first kappa shape index (κ1) is 12.8. The predicted molar refractivity (Wildman–Crippen MR) is 51.3 cm³/mol. The van der Waals surface area contributed by atoms with Gasteiger partial charge < -0.3 is 9.79 Å². The molecular formula is C8H17O4P. The fourth-order valence-electron chi connectivity index (χ4n) is 1.03. The van der Waals surface area contributed by atoms with Gasteiger partial charge in [0.2, 0.25) is 0 Å². The van der Waals surface area contributed by atoms with Crippen molar-refractivity contribution in [3.63, 3.8) is 0 Å². The molecule has 1 atom stereocenters. The Kier molecular flexibility index (Phi) is 6.25. The smallest absolute Gasteiger partial charge is 0.303 e. The zero-order valence-electron chi connectivity index (χ0n) is 7.85. The minimum atomic E-state index is -4.34. The summed E-state index contributed by atoms with van der Waals surface area (Å²) in [5.74, 6) is 0. The van der Waals surface area contributed by atoms with Gasteiger partial charge in [0.15, 0.2) is 0 Å². The van der Waals surface area contributed by atoms with Crippen molar-refractivity contribution in [1.82, 2.24) is 0 Å². The minimum Gasteiger partial charge on any atom is -0.303 e. The van der Waals surface area contributed by atoms with Crippen LogP contribution in [0.15, 0.2) is 12.7 Å². The fraction of sp³-hybridized carbons (Fsp3) is 0.750. The van der Waals surface area contributed by atoms with Crippen LogP contribution in [0.3, 0.4) is 0 Å². The van der Waals surface area contributed by atoms with E-state index < -0.39 is 13.9 Å². The van der Waals surface area contributed by atoms with Gasteiger partial charge in [-0.25, -0.2) is 4.57 Å². The highest BCUT2D eigenvalue weighted by atomic mass is 31.2. The SMILES string of the molecule is C=CCC(CCCC)OP(=O)(O)O. The standard InChI is InChI=1S/C8H17O4P/c1-3-5-7-8(6-4-2)12-13(9,10)11/h4,8H,2-3,5-7H2,1H3,(H2,9,10,11). The van der Waals surface area contributed by atoms with Gasteiger partial charge in [0, 0.05) is 0 Å². The summed E-state index contributed by atoms with van der Waals surface area (Å²) in [5, 5.41) is 0. The summed E-state index contributed by atoms with van der Waals surface area (Å²) in [5.41, 5.74) is 0. The van der Waals surface area contributed by atoms with Crippen molar-refractivity contribution >= 4 is 7.82 Å². The molecule has 1 unspecified atom stereocenters. The Hall–Kier alpha value is -0.150. The molecular weight excluding hydrogens is 191 g/mol. The first-order chi connectivity index (χ1) is 5.99. The first-order valence-electron chi connectivity index (χ1n) is 4.34. The van der Waals surface area contributed by atoms with E-state index in [0.29, 0.717) is 12.8 Å². The van der Waals surface area contributed by atoms with Crippen LogP contribution in [0.1, 0.15) is 32.6 Å². The quantitative estimate of drug-likeness (QED) is 0.497. The average molecular weight is 208 g/mol. The average Bonchev–Trinajstić information content (AvgIpc) is 1.98. The molecule has 5 heteroatoms. The number of phosphoric acid groups is 1. The van der Waals surface area contributed by atoms with E-state index >= 15 is 0 Å². The summed E-state index contributed by atoms with van der Waals surface area (Å²) in [6.45, 7) is 5.52. The molecule has 4 nitrogen and oxygen atoms in total.